The number of hydrogen-bond acceptors (Lipinski definition) is 3. The van der Waals surface area contributed by atoms with Crippen LogP contribution in [0.2, 0.25) is 0 Å². The first-order chi connectivity index (χ1) is 9.72. The normalized spacial score (nSPS) is 23.3. The summed E-state index contributed by atoms with van der Waals surface area (Å²) >= 11 is 1.72. The van der Waals surface area contributed by atoms with E-state index in [9.17, 15) is 4.39 Å². The van der Waals surface area contributed by atoms with Gasteiger partial charge in [-0.1, -0.05) is 19.1 Å². The topological polar surface area (TPSA) is 24.9 Å². The average molecular weight is 290 g/mol. The Labute approximate surface area is 123 Å². The zero-order chi connectivity index (χ0) is 13.9. The Morgan fingerprint density at radius 1 is 1.35 bits per heavy atom. The van der Waals surface area contributed by atoms with Crippen LogP contribution in [-0.2, 0) is 0 Å². The highest BCUT2D eigenvalue weighted by atomic mass is 32.1. The van der Waals surface area contributed by atoms with E-state index < -0.39 is 0 Å². The summed E-state index contributed by atoms with van der Waals surface area (Å²) in [6, 6.07) is 7.52. The van der Waals surface area contributed by atoms with Crippen molar-refractivity contribution >= 4 is 11.3 Å². The fourth-order valence-corrected chi connectivity index (χ4v) is 3.40. The Hall–Kier alpha value is -1.26. The Kier molecular flexibility index (Phi) is 4.13. The smallest absolute Gasteiger partial charge is 0.123 e. The predicted molar refractivity (Wildman–Crippen MR) is 80.7 cm³/mol. The van der Waals surface area contributed by atoms with Crippen LogP contribution in [0, 0.1) is 5.82 Å². The number of nitrogens with zero attached hydrogens (tertiary/aromatic N) is 1. The van der Waals surface area contributed by atoms with Gasteiger partial charge in [-0.3, -0.25) is 0 Å². The zero-order valence-electron chi connectivity index (χ0n) is 11.6. The van der Waals surface area contributed by atoms with Gasteiger partial charge in [0.05, 0.1) is 5.01 Å². The monoisotopic (exact) mass is 290 g/mol. The van der Waals surface area contributed by atoms with E-state index in [1.165, 1.54) is 10.6 Å². The molecule has 2 nitrogen and oxygen atoms in total. The second-order valence-electron chi connectivity index (χ2n) is 5.60. The lowest BCUT2D eigenvalue weighted by Crippen LogP contribution is -2.41. The quantitative estimate of drug-likeness (QED) is 0.902. The number of halogens is 1. The third kappa shape index (κ3) is 3.07. The summed E-state index contributed by atoms with van der Waals surface area (Å²) < 4.78 is 12.9. The van der Waals surface area contributed by atoms with Crippen LogP contribution >= 0.6 is 11.3 Å². The van der Waals surface area contributed by atoms with Crippen molar-refractivity contribution in [1.29, 1.82) is 0 Å². The minimum atomic E-state index is -0.153. The summed E-state index contributed by atoms with van der Waals surface area (Å²) in [6.45, 7) is 3.19. The highest BCUT2D eigenvalue weighted by Gasteiger charge is 2.30. The van der Waals surface area contributed by atoms with Crippen molar-refractivity contribution in [3.8, 4) is 0 Å². The SMILES string of the molecule is CC(CNC1CC(c2ccc(F)cc2)C1)c1nccs1. The van der Waals surface area contributed by atoms with Gasteiger partial charge in [0, 0.05) is 30.1 Å². The van der Waals surface area contributed by atoms with E-state index in [1.807, 2.05) is 23.7 Å². The molecule has 1 N–H and O–H groups in total. The van der Waals surface area contributed by atoms with E-state index in [4.69, 9.17) is 0 Å². The molecule has 20 heavy (non-hydrogen) atoms. The molecule has 2 aromatic rings. The molecular weight excluding hydrogens is 271 g/mol. The molecule has 0 saturated heterocycles. The molecule has 106 valence electrons. The molecule has 1 aliphatic carbocycles. The lowest BCUT2D eigenvalue weighted by Gasteiger charge is -2.37. The number of nitrogens with one attached hydrogen (secondary N) is 1. The number of rotatable bonds is 5. The van der Waals surface area contributed by atoms with Crippen molar-refractivity contribution in [2.75, 3.05) is 6.54 Å². The average Bonchev–Trinajstić information content (AvgIpc) is 2.92. The van der Waals surface area contributed by atoms with Crippen molar-refractivity contribution in [3.05, 3.63) is 52.2 Å². The van der Waals surface area contributed by atoms with Crippen LogP contribution in [0.25, 0.3) is 0 Å². The maximum Gasteiger partial charge on any atom is 0.123 e. The van der Waals surface area contributed by atoms with Gasteiger partial charge >= 0.3 is 0 Å². The van der Waals surface area contributed by atoms with Gasteiger partial charge in [-0.05, 0) is 36.5 Å². The molecular formula is C16H19FN2S. The molecule has 1 aromatic carbocycles. The first-order valence-electron chi connectivity index (χ1n) is 7.10. The van der Waals surface area contributed by atoms with E-state index in [2.05, 4.69) is 17.2 Å². The van der Waals surface area contributed by atoms with Crippen molar-refractivity contribution in [2.45, 2.75) is 37.6 Å². The molecule has 1 heterocycles. The van der Waals surface area contributed by atoms with Gasteiger partial charge in [-0.2, -0.15) is 0 Å². The molecule has 1 saturated carbocycles. The molecule has 4 heteroatoms. The van der Waals surface area contributed by atoms with E-state index in [0.717, 1.165) is 19.4 Å². The summed E-state index contributed by atoms with van der Waals surface area (Å²) in [7, 11) is 0. The predicted octanol–water partition coefficient (Wildman–Crippen LogP) is 3.92. The molecule has 0 amide bonds. The number of hydrogen-bond donors (Lipinski definition) is 1. The largest absolute Gasteiger partial charge is 0.313 e. The third-order valence-electron chi connectivity index (χ3n) is 4.07. The van der Waals surface area contributed by atoms with Crippen molar-refractivity contribution < 1.29 is 4.39 Å². The molecule has 0 radical (unpaired) electrons. The number of benzene rings is 1. The highest BCUT2D eigenvalue weighted by Crippen LogP contribution is 2.37. The van der Waals surface area contributed by atoms with Gasteiger partial charge in [0.25, 0.3) is 0 Å². The maximum atomic E-state index is 12.9. The van der Waals surface area contributed by atoms with Gasteiger partial charge in [0.1, 0.15) is 5.82 Å². The van der Waals surface area contributed by atoms with Crippen LogP contribution in [-0.4, -0.2) is 17.6 Å². The molecule has 3 rings (SSSR count). The van der Waals surface area contributed by atoms with Gasteiger partial charge < -0.3 is 5.32 Å². The molecule has 0 spiro atoms. The molecule has 1 aromatic heterocycles. The van der Waals surface area contributed by atoms with Gasteiger partial charge in [0.2, 0.25) is 0 Å². The minimum Gasteiger partial charge on any atom is -0.313 e. The lowest BCUT2D eigenvalue weighted by atomic mass is 9.76. The van der Waals surface area contributed by atoms with Crippen LogP contribution in [0.5, 0.6) is 0 Å². The second kappa shape index (κ2) is 6.02. The van der Waals surface area contributed by atoms with Crippen LogP contribution in [0.15, 0.2) is 35.8 Å². The summed E-state index contributed by atoms with van der Waals surface area (Å²) in [6.07, 6.45) is 4.16. The Bertz CT molecular complexity index is 532. The van der Waals surface area contributed by atoms with Gasteiger partial charge in [-0.25, -0.2) is 9.37 Å². The Balaban J connectivity index is 1.43. The summed E-state index contributed by atoms with van der Waals surface area (Å²) in [5, 5.41) is 6.84. The first kappa shape index (κ1) is 13.7. The molecule has 0 bridgehead atoms. The second-order valence-corrected chi connectivity index (χ2v) is 6.52. The minimum absolute atomic E-state index is 0.153. The number of thiazole rings is 1. The van der Waals surface area contributed by atoms with Crippen LogP contribution in [0.1, 0.15) is 42.2 Å². The summed E-state index contributed by atoms with van der Waals surface area (Å²) in [4.78, 5) is 4.35. The van der Waals surface area contributed by atoms with Crippen molar-refractivity contribution in [2.24, 2.45) is 0 Å². The van der Waals surface area contributed by atoms with Crippen molar-refractivity contribution in [3.63, 3.8) is 0 Å². The highest BCUT2D eigenvalue weighted by molar-refractivity contribution is 7.09. The first-order valence-corrected chi connectivity index (χ1v) is 7.98. The fraction of sp³-hybridized carbons (Fsp3) is 0.438. The molecule has 1 aliphatic rings. The maximum absolute atomic E-state index is 12.9. The van der Waals surface area contributed by atoms with Crippen LogP contribution < -0.4 is 5.32 Å². The lowest BCUT2D eigenvalue weighted by molar-refractivity contribution is 0.287. The summed E-state index contributed by atoms with van der Waals surface area (Å²) in [5.74, 6) is 0.906. The van der Waals surface area contributed by atoms with Crippen molar-refractivity contribution in [1.82, 2.24) is 10.3 Å². The Morgan fingerprint density at radius 2 is 2.10 bits per heavy atom. The molecule has 1 unspecified atom stereocenters. The van der Waals surface area contributed by atoms with Crippen LogP contribution in [0.3, 0.4) is 0 Å². The number of aromatic nitrogens is 1. The van der Waals surface area contributed by atoms with E-state index in [-0.39, 0.29) is 5.82 Å². The fourth-order valence-electron chi connectivity index (χ4n) is 2.70. The molecule has 1 atom stereocenters. The third-order valence-corrected chi connectivity index (χ3v) is 5.07. The standard InChI is InChI=1S/C16H19FN2S/c1-11(16-18-6-7-20-16)10-19-15-8-13(9-15)12-2-4-14(17)5-3-12/h2-7,11,13,15,19H,8-10H2,1H3. The van der Waals surface area contributed by atoms with E-state index in [0.29, 0.717) is 17.9 Å². The molecule has 1 fully saturated rings. The summed E-state index contributed by atoms with van der Waals surface area (Å²) in [5.41, 5.74) is 1.26. The van der Waals surface area contributed by atoms with Gasteiger partial charge in [0.15, 0.2) is 0 Å². The Morgan fingerprint density at radius 3 is 2.75 bits per heavy atom. The van der Waals surface area contributed by atoms with E-state index >= 15 is 0 Å². The van der Waals surface area contributed by atoms with Crippen LogP contribution in [0.4, 0.5) is 4.39 Å². The zero-order valence-corrected chi connectivity index (χ0v) is 12.4. The van der Waals surface area contributed by atoms with Gasteiger partial charge in [-0.15, -0.1) is 11.3 Å². The van der Waals surface area contributed by atoms with E-state index in [1.54, 1.807) is 23.5 Å². The molecule has 0 aliphatic heterocycles.